The lowest BCUT2D eigenvalue weighted by atomic mass is 10.1. The minimum atomic E-state index is -4.66. The monoisotopic (exact) mass is 258 g/mol. The van der Waals surface area contributed by atoms with Gasteiger partial charge < -0.3 is 0 Å². The predicted molar refractivity (Wildman–Crippen MR) is 58.4 cm³/mol. The van der Waals surface area contributed by atoms with Crippen molar-refractivity contribution in [2.24, 2.45) is 0 Å². The van der Waals surface area contributed by atoms with Crippen LogP contribution < -0.4 is 4.90 Å². The summed E-state index contributed by atoms with van der Waals surface area (Å²) in [5, 5.41) is 8.56. The van der Waals surface area contributed by atoms with Crippen molar-refractivity contribution in [3.8, 4) is 6.07 Å². The lowest BCUT2D eigenvalue weighted by Crippen LogP contribution is -2.18. The summed E-state index contributed by atoms with van der Waals surface area (Å²) in [6, 6.07) is 4.35. The molecule has 0 atom stereocenters. The molecule has 17 heavy (non-hydrogen) atoms. The summed E-state index contributed by atoms with van der Waals surface area (Å²) in [4.78, 5) is 11.3. The second-order valence-electron chi connectivity index (χ2n) is 2.96. The number of carbonyl (C=O) groups excluding carboxylic acids is 1. The van der Waals surface area contributed by atoms with E-state index in [2.05, 4.69) is 12.2 Å². The minimum absolute atomic E-state index is 0.0404. The van der Waals surface area contributed by atoms with Crippen LogP contribution in [-0.4, -0.2) is 11.9 Å². The van der Waals surface area contributed by atoms with E-state index in [9.17, 15) is 18.0 Å². The number of anilines is 1. The van der Waals surface area contributed by atoms with E-state index >= 15 is 0 Å². The molecule has 0 bridgehead atoms. The number of nitriles is 1. The molecule has 0 aliphatic heterocycles. The van der Waals surface area contributed by atoms with Crippen molar-refractivity contribution < 1.29 is 18.0 Å². The summed E-state index contributed by atoms with van der Waals surface area (Å²) in [5.41, 5.74) is -0.729. The smallest absolute Gasteiger partial charge is 0.280 e. The third kappa shape index (κ3) is 2.79. The van der Waals surface area contributed by atoms with Crippen LogP contribution in [0.25, 0.3) is 0 Å². The Morgan fingerprint density at radius 1 is 1.41 bits per heavy atom. The van der Waals surface area contributed by atoms with Gasteiger partial charge in [-0.3, -0.25) is 9.69 Å². The van der Waals surface area contributed by atoms with Crippen LogP contribution in [0.2, 0.25) is 0 Å². The van der Waals surface area contributed by atoms with Gasteiger partial charge in [0.25, 0.3) is 0 Å². The fourth-order valence-corrected chi connectivity index (χ4v) is 1.34. The topological polar surface area (TPSA) is 44.1 Å². The van der Waals surface area contributed by atoms with E-state index in [0.29, 0.717) is 6.07 Å². The number of benzene rings is 1. The number of halogens is 3. The quantitative estimate of drug-likeness (QED) is 0.618. The van der Waals surface area contributed by atoms with E-state index in [0.717, 1.165) is 16.5 Å². The van der Waals surface area contributed by atoms with Crippen LogP contribution in [0, 0.1) is 11.3 Å². The SMILES string of the molecule is N#Cc1ccc(N(C=O)C=S)cc1C(F)(F)F. The molecule has 0 unspecified atom stereocenters. The van der Waals surface area contributed by atoms with Crippen molar-refractivity contribution in [2.75, 3.05) is 4.90 Å². The number of thiocarbonyl (C=S) groups is 1. The average molecular weight is 258 g/mol. The van der Waals surface area contributed by atoms with E-state index in [1.165, 1.54) is 12.1 Å². The van der Waals surface area contributed by atoms with Gasteiger partial charge in [-0.1, -0.05) is 12.2 Å². The number of rotatable bonds is 3. The molecule has 1 rings (SSSR count). The Hall–Kier alpha value is -1.94. The molecule has 0 spiro atoms. The molecule has 7 heteroatoms. The first kappa shape index (κ1) is 13.1. The lowest BCUT2D eigenvalue weighted by Gasteiger charge is -2.14. The molecule has 1 aromatic carbocycles. The first-order valence-electron chi connectivity index (χ1n) is 4.24. The molecular weight excluding hydrogens is 253 g/mol. The lowest BCUT2D eigenvalue weighted by molar-refractivity contribution is -0.137. The average Bonchev–Trinajstić information content (AvgIpc) is 2.29. The molecule has 1 aromatic rings. The number of nitrogens with zero attached hydrogens (tertiary/aromatic N) is 2. The number of alkyl halides is 3. The summed E-state index contributed by atoms with van der Waals surface area (Å²) in [5.74, 6) is 0. The Morgan fingerprint density at radius 2 is 2.06 bits per heavy atom. The number of carbonyl (C=O) groups is 1. The van der Waals surface area contributed by atoms with Gasteiger partial charge in [0.1, 0.15) is 0 Å². The highest BCUT2D eigenvalue weighted by atomic mass is 32.1. The Morgan fingerprint density at radius 3 is 2.47 bits per heavy atom. The second-order valence-corrected chi connectivity index (χ2v) is 3.17. The Bertz CT molecular complexity index is 485. The third-order valence-electron chi connectivity index (χ3n) is 1.95. The molecule has 0 aliphatic rings. The van der Waals surface area contributed by atoms with Crippen molar-refractivity contribution >= 4 is 29.8 Å². The zero-order valence-corrected chi connectivity index (χ0v) is 9.05. The van der Waals surface area contributed by atoms with E-state index in [1.807, 2.05) is 0 Å². The van der Waals surface area contributed by atoms with Gasteiger partial charge in [0.15, 0.2) is 0 Å². The summed E-state index contributed by atoms with van der Waals surface area (Å²) >= 11 is 4.48. The van der Waals surface area contributed by atoms with Crippen LogP contribution in [0.1, 0.15) is 11.1 Å². The largest absolute Gasteiger partial charge is 0.417 e. The van der Waals surface area contributed by atoms with E-state index < -0.39 is 17.3 Å². The van der Waals surface area contributed by atoms with Gasteiger partial charge in [-0.25, -0.2) is 0 Å². The molecule has 1 amide bonds. The van der Waals surface area contributed by atoms with Gasteiger partial charge in [0.05, 0.1) is 22.7 Å². The van der Waals surface area contributed by atoms with Crippen LogP contribution >= 0.6 is 12.2 Å². The van der Waals surface area contributed by atoms with Crippen LogP contribution in [0.4, 0.5) is 18.9 Å². The van der Waals surface area contributed by atoms with Gasteiger partial charge in [-0.2, -0.15) is 18.4 Å². The van der Waals surface area contributed by atoms with E-state index in [-0.39, 0.29) is 12.1 Å². The summed E-state index contributed by atoms with van der Waals surface area (Å²) < 4.78 is 37.8. The zero-order valence-electron chi connectivity index (χ0n) is 8.23. The maximum absolute atomic E-state index is 12.6. The van der Waals surface area contributed by atoms with Gasteiger partial charge in [0.2, 0.25) is 6.41 Å². The predicted octanol–water partition coefficient (Wildman–Crippen LogP) is 2.50. The van der Waals surface area contributed by atoms with Gasteiger partial charge in [0, 0.05) is 5.69 Å². The molecule has 0 radical (unpaired) electrons. The second kappa shape index (κ2) is 4.93. The van der Waals surface area contributed by atoms with E-state index in [4.69, 9.17) is 5.26 Å². The van der Waals surface area contributed by atoms with Crippen molar-refractivity contribution in [1.29, 1.82) is 5.26 Å². The zero-order chi connectivity index (χ0) is 13.1. The highest BCUT2D eigenvalue weighted by Gasteiger charge is 2.34. The molecule has 0 saturated heterocycles. The van der Waals surface area contributed by atoms with Crippen LogP contribution in [0.5, 0.6) is 0 Å². The van der Waals surface area contributed by atoms with Crippen molar-refractivity contribution in [2.45, 2.75) is 6.18 Å². The first-order valence-corrected chi connectivity index (χ1v) is 4.71. The molecule has 0 saturated carbocycles. The molecule has 0 aromatic heterocycles. The highest BCUT2D eigenvalue weighted by molar-refractivity contribution is 7.79. The fourth-order valence-electron chi connectivity index (χ4n) is 1.17. The third-order valence-corrected chi connectivity index (χ3v) is 2.18. The molecule has 88 valence electrons. The van der Waals surface area contributed by atoms with Crippen molar-refractivity contribution in [3.05, 3.63) is 29.3 Å². The maximum atomic E-state index is 12.6. The normalized spacial score (nSPS) is 10.5. The molecule has 0 fully saturated rings. The van der Waals surface area contributed by atoms with Crippen molar-refractivity contribution in [3.63, 3.8) is 0 Å². The Kier molecular flexibility index (Phi) is 3.81. The fraction of sp³-hybridized carbons (Fsp3) is 0.100. The van der Waals surface area contributed by atoms with Crippen molar-refractivity contribution in [1.82, 2.24) is 0 Å². The van der Waals surface area contributed by atoms with Crippen LogP contribution in [-0.2, 0) is 11.0 Å². The number of hydrogen-bond acceptors (Lipinski definition) is 3. The number of hydrogen-bond donors (Lipinski definition) is 0. The van der Waals surface area contributed by atoms with Gasteiger partial charge >= 0.3 is 6.18 Å². The maximum Gasteiger partial charge on any atom is 0.417 e. The van der Waals surface area contributed by atoms with Crippen LogP contribution in [0.15, 0.2) is 18.2 Å². The first-order chi connectivity index (χ1) is 7.93. The summed E-state index contributed by atoms with van der Waals surface area (Å²) in [6.07, 6.45) is -4.37. The minimum Gasteiger partial charge on any atom is -0.280 e. The summed E-state index contributed by atoms with van der Waals surface area (Å²) in [7, 11) is 0. The molecule has 3 nitrogen and oxygen atoms in total. The standard InChI is InChI=1S/C10H5F3N2OS/c11-10(12,13)9-3-8(15(5-16)6-17)2-1-7(9)4-14/h1-3,5-6H. The molecular formula is C10H5F3N2OS. The Balaban J connectivity index is 3.38. The number of amides is 1. The molecule has 0 heterocycles. The summed E-state index contributed by atoms with van der Waals surface area (Å²) in [6.45, 7) is 0. The highest BCUT2D eigenvalue weighted by Crippen LogP contribution is 2.34. The molecule has 0 aliphatic carbocycles. The molecule has 0 N–H and O–H groups in total. The van der Waals surface area contributed by atoms with Gasteiger partial charge in [-0.15, -0.1) is 0 Å². The van der Waals surface area contributed by atoms with Crippen LogP contribution in [0.3, 0.4) is 0 Å². The van der Waals surface area contributed by atoms with E-state index in [1.54, 1.807) is 0 Å². The van der Waals surface area contributed by atoms with Gasteiger partial charge in [-0.05, 0) is 18.2 Å². The Labute approximate surface area is 100 Å².